The molecule has 1 aliphatic heterocycles. The van der Waals surface area contributed by atoms with Crippen molar-refractivity contribution >= 4 is 29.9 Å². The number of nitrogens with one attached hydrogen (secondary N) is 2. The summed E-state index contributed by atoms with van der Waals surface area (Å²) in [5.41, 5.74) is 0.827. The molecule has 7 heteroatoms. The fourth-order valence-electron chi connectivity index (χ4n) is 3.11. The Bertz CT molecular complexity index is 562. The van der Waals surface area contributed by atoms with Crippen LogP contribution in [0.5, 0.6) is 5.75 Å². The van der Waals surface area contributed by atoms with Gasteiger partial charge in [0.25, 0.3) is 0 Å². The molecular weight excluding hydrogens is 446 g/mol. The Labute approximate surface area is 173 Å². The first-order valence-corrected chi connectivity index (χ1v) is 9.25. The Morgan fingerprint density at radius 1 is 1.31 bits per heavy atom. The minimum atomic E-state index is -0.351. The molecule has 0 aliphatic carbocycles. The maximum absolute atomic E-state index is 13.8. The van der Waals surface area contributed by atoms with Crippen molar-refractivity contribution in [1.29, 1.82) is 0 Å². The zero-order chi connectivity index (χ0) is 18.1. The molecule has 148 valence electrons. The molecular formula is C19H32FIN4O. The highest BCUT2D eigenvalue weighted by atomic mass is 127. The lowest BCUT2D eigenvalue weighted by atomic mass is 10.1. The molecule has 1 saturated heterocycles. The lowest BCUT2D eigenvalue weighted by Crippen LogP contribution is -2.48. The molecule has 5 nitrogen and oxygen atoms in total. The summed E-state index contributed by atoms with van der Waals surface area (Å²) >= 11 is 0. The van der Waals surface area contributed by atoms with Crippen molar-refractivity contribution in [3.8, 4) is 5.75 Å². The van der Waals surface area contributed by atoms with Gasteiger partial charge in [0.1, 0.15) is 0 Å². The predicted molar refractivity (Wildman–Crippen MR) is 116 cm³/mol. The number of hydrogen-bond donors (Lipinski definition) is 2. The first-order valence-electron chi connectivity index (χ1n) is 9.25. The summed E-state index contributed by atoms with van der Waals surface area (Å²) in [6.07, 6.45) is 3.46. The van der Waals surface area contributed by atoms with Gasteiger partial charge in [0, 0.05) is 25.7 Å². The third kappa shape index (κ3) is 7.26. The quantitative estimate of drug-likeness (QED) is 0.359. The Balaban J connectivity index is 0.00000338. The molecule has 2 rings (SSSR count). The third-order valence-corrected chi connectivity index (χ3v) is 4.45. The average Bonchev–Trinajstić information content (AvgIpc) is 2.62. The lowest BCUT2D eigenvalue weighted by Gasteiger charge is -2.32. The number of methoxy groups -OCH3 is 1. The van der Waals surface area contributed by atoms with Crippen LogP contribution in [0.2, 0.25) is 0 Å². The number of guanidine groups is 1. The first kappa shape index (κ1) is 23.0. The summed E-state index contributed by atoms with van der Waals surface area (Å²) < 4.78 is 18.7. The van der Waals surface area contributed by atoms with Crippen LogP contribution in [0, 0.1) is 5.82 Å². The van der Waals surface area contributed by atoms with Crippen LogP contribution in [0.1, 0.15) is 38.7 Å². The van der Waals surface area contributed by atoms with Gasteiger partial charge in [-0.15, -0.1) is 24.0 Å². The van der Waals surface area contributed by atoms with Gasteiger partial charge in [0.05, 0.1) is 13.7 Å². The fourth-order valence-corrected chi connectivity index (χ4v) is 3.11. The number of ether oxygens (including phenoxy) is 1. The standard InChI is InChI=1S/C19H31FN4O.HI/c1-4-10-24-11-8-16(9-12-24)23-19(21-5-2)22-14-15-6-7-18(25-3)17(20)13-15;/h6-7,13,16H,4-5,8-12,14H2,1-3H3,(H2,21,22,23);1H. The molecule has 26 heavy (non-hydrogen) atoms. The van der Waals surface area contributed by atoms with Gasteiger partial charge in [-0.1, -0.05) is 13.0 Å². The van der Waals surface area contributed by atoms with Crippen molar-refractivity contribution in [3.05, 3.63) is 29.6 Å². The lowest BCUT2D eigenvalue weighted by molar-refractivity contribution is 0.206. The summed E-state index contributed by atoms with van der Waals surface area (Å²) in [7, 11) is 1.47. The van der Waals surface area contributed by atoms with E-state index in [1.54, 1.807) is 6.07 Å². The van der Waals surface area contributed by atoms with Gasteiger partial charge >= 0.3 is 0 Å². The van der Waals surface area contributed by atoms with E-state index in [9.17, 15) is 4.39 Å². The van der Waals surface area contributed by atoms with E-state index in [0.717, 1.165) is 44.0 Å². The van der Waals surface area contributed by atoms with E-state index in [1.165, 1.54) is 26.1 Å². The summed E-state index contributed by atoms with van der Waals surface area (Å²) in [4.78, 5) is 7.12. The highest BCUT2D eigenvalue weighted by Gasteiger charge is 2.19. The van der Waals surface area contributed by atoms with Crippen molar-refractivity contribution in [3.63, 3.8) is 0 Å². The highest BCUT2D eigenvalue weighted by molar-refractivity contribution is 14.0. The molecule has 1 aromatic carbocycles. The van der Waals surface area contributed by atoms with Crippen LogP contribution < -0.4 is 15.4 Å². The summed E-state index contributed by atoms with van der Waals surface area (Å²) in [5.74, 6) is 0.709. The molecule has 0 aromatic heterocycles. The largest absolute Gasteiger partial charge is 0.494 e. The molecule has 1 fully saturated rings. The van der Waals surface area contributed by atoms with E-state index < -0.39 is 0 Å². The van der Waals surface area contributed by atoms with Gasteiger partial charge in [-0.2, -0.15) is 0 Å². The molecule has 0 bridgehead atoms. The molecule has 1 aromatic rings. The Hall–Kier alpha value is -1.09. The number of aliphatic imine (C=N–C) groups is 1. The minimum absolute atomic E-state index is 0. The van der Waals surface area contributed by atoms with Crippen LogP contribution in [-0.4, -0.2) is 50.2 Å². The van der Waals surface area contributed by atoms with Crippen LogP contribution in [0.25, 0.3) is 0 Å². The maximum Gasteiger partial charge on any atom is 0.191 e. The Morgan fingerprint density at radius 2 is 2.04 bits per heavy atom. The monoisotopic (exact) mass is 478 g/mol. The molecule has 0 radical (unpaired) electrons. The normalized spacial score (nSPS) is 16.1. The zero-order valence-corrected chi connectivity index (χ0v) is 18.4. The molecule has 0 saturated carbocycles. The molecule has 0 unspecified atom stereocenters. The predicted octanol–water partition coefficient (Wildman–Crippen LogP) is 3.38. The number of hydrogen-bond acceptors (Lipinski definition) is 3. The number of benzene rings is 1. The highest BCUT2D eigenvalue weighted by Crippen LogP contribution is 2.18. The Morgan fingerprint density at radius 3 is 2.62 bits per heavy atom. The number of likely N-dealkylation sites (tertiary alicyclic amines) is 1. The smallest absolute Gasteiger partial charge is 0.191 e. The van der Waals surface area contributed by atoms with Crippen LogP contribution in [0.4, 0.5) is 4.39 Å². The number of rotatable bonds is 7. The first-order chi connectivity index (χ1) is 12.2. The summed E-state index contributed by atoms with van der Waals surface area (Å²) in [5, 5.41) is 6.80. The van der Waals surface area contributed by atoms with Crippen molar-refractivity contribution < 1.29 is 9.13 Å². The second-order valence-electron chi connectivity index (χ2n) is 6.42. The number of halogens is 2. The van der Waals surface area contributed by atoms with Crippen molar-refractivity contribution in [1.82, 2.24) is 15.5 Å². The van der Waals surface area contributed by atoms with E-state index in [0.29, 0.717) is 12.6 Å². The topological polar surface area (TPSA) is 48.9 Å². The van der Waals surface area contributed by atoms with Gasteiger partial charge in [0.2, 0.25) is 0 Å². The molecule has 1 heterocycles. The van der Waals surface area contributed by atoms with E-state index in [4.69, 9.17) is 4.74 Å². The van der Waals surface area contributed by atoms with Crippen molar-refractivity contribution in [2.24, 2.45) is 4.99 Å². The van der Waals surface area contributed by atoms with E-state index in [1.807, 2.05) is 13.0 Å². The summed E-state index contributed by atoms with van der Waals surface area (Å²) in [6, 6.07) is 5.41. The second kappa shape index (κ2) is 12.3. The number of piperidine rings is 1. The van der Waals surface area contributed by atoms with E-state index >= 15 is 0 Å². The third-order valence-electron chi connectivity index (χ3n) is 4.45. The Kier molecular flexibility index (Phi) is 10.9. The summed E-state index contributed by atoms with van der Waals surface area (Å²) in [6.45, 7) is 8.96. The molecule has 2 N–H and O–H groups in total. The van der Waals surface area contributed by atoms with Gasteiger partial charge in [-0.25, -0.2) is 9.38 Å². The van der Waals surface area contributed by atoms with Gasteiger partial charge < -0.3 is 20.3 Å². The molecule has 0 spiro atoms. The van der Waals surface area contributed by atoms with Crippen LogP contribution in [0.15, 0.2) is 23.2 Å². The fraction of sp³-hybridized carbons (Fsp3) is 0.632. The zero-order valence-electron chi connectivity index (χ0n) is 16.1. The van der Waals surface area contributed by atoms with Crippen LogP contribution >= 0.6 is 24.0 Å². The van der Waals surface area contributed by atoms with Crippen molar-refractivity contribution in [2.45, 2.75) is 45.7 Å². The average molecular weight is 478 g/mol. The van der Waals surface area contributed by atoms with Crippen LogP contribution in [-0.2, 0) is 6.54 Å². The number of nitrogens with zero attached hydrogens (tertiary/aromatic N) is 2. The SMILES string of the molecule is CCCN1CCC(NC(=NCc2ccc(OC)c(F)c2)NCC)CC1.I. The maximum atomic E-state index is 13.8. The van der Waals surface area contributed by atoms with Gasteiger partial charge in [-0.05, 0) is 50.4 Å². The van der Waals surface area contributed by atoms with Crippen molar-refractivity contribution in [2.75, 3.05) is 33.3 Å². The molecule has 0 atom stereocenters. The second-order valence-corrected chi connectivity index (χ2v) is 6.42. The van der Waals surface area contributed by atoms with Crippen LogP contribution in [0.3, 0.4) is 0 Å². The minimum Gasteiger partial charge on any atom is -0.494 e. The van der Waals surface area contributed by atoms with E-state index in [-0.39, 0.29) is 35.5 Å². The van der Waals surface area contributed by atoms with Gasteiger partial charge in [-0.3, -0.25) is 0 Å². The van der Waals surface area contributed by atoms with Gasteiger partial charge in [0.15, 0.2) is 17.5 Å². The molecule has 0 amide bonds. The molecule has 1 aliphatic rings. The van der Waals surface area contributed by atoms with E-state index in [2.05, 4.69) is 27.4 Å².